The van der Waals surface area contributed by atoms with Crippen LogP contribution in [-0.2, 0) is 4.79 Å². The fourth-order valence-electron chi connectivity index (χ4n) is 2.40. The number of aliphatic hydroxyl groups excluding tert-OH is 2. The number of fused-ring (bicyclic) bond motifs is 1. The summed E-state index contributed by atoms with van der Waals surface area (Å²) in [7, 11) is 0. The van der Waals surface area contributed by atoms with Crippen molar-refractivity contribution in [3.05, 3.63) is 0 Å². The van der Waals surface area contributed by atoms with Crippen molar-refractivity contribution in [3.63, 3.8) is 0 Å². The number of aliphatic hydroxyl groups is 2. The summed E-state index contributed by atoms with van der Waals surface area (Å²) in [6.45, 7) is -0.385. The summed E-state index contributed by atoms with van der Waals surface area (Å²) in [6.07, 6.45) is 3.30. The highest BCUT2D eigenvalue weighted by atomic mass is 16.3. The van der Waals surface area contributed by atoms with Gasteiger partial charge in [-0.1, -0.05) is 0 Å². The Bertz CT molecular complexity index is 217. The molecule has 0 spiro atoms. The summed E-state index contributed by atoms with van der Waals surface area (Å²) in [5.74, 6) is 1.70. The van der Waals surface area contributed by atoms with Gasteiger partial charge in [-0.2, -0.15) is 0 Å². The van der Waals surface area contributed by atoms with Crippen molar-refractivity contribution in [2.24, 2.45) is 17.8 Å². The predicted octanol–water partition coefficient (Wildman–Crippen LogP) is -0.498. The molecule has 0 bridgehead atoms. The molecule has 0 aromatic rings. The van der Waals surface area contributed by atoms with Gasteiger partial charge in [-0.3, -0.25) is 4.79 Å². The van der Waals surface area contributed by atoms with Crippen LogP contribution in [0.5, 0.6) is 0 Å². The summed E-state index contributed by atoms with van der Waals surface area (Å²) >= 11 is 0. The maximum absolute atomic E-state index is 11.6. The van der Waals surface area contributed by atoms with E-state index in [9.17, 15) is 4.79 Å². The highest BCUT2D eigenvalue weighted by Gasteiger charge is 2.48. The molecule has 2 saturated carbocycles. The average Bonchev–Trinajstić information content (AvgIpc) is 2.82. The van der Waals surface area contributed by atoms with Crippen LogP contribution >= 0.6 is 0 Å². The minimum atomic E-state index is -0.487. The Morgan fingerprint density at radius 2 is 1.79 bits per heavy atom. The maximum atomic E-state index is 11.6. The van der Waals surface area contributed by atoms with Gasteiger partial charge in [-0.15, -0.1) is 0 Å². The molecule has 0 radical (unpaired) electrons. The Balaban J connectivity index is 1.77. The molecule has 2 aliphatic rings. The van der Waals surface area contributed by atoms with E-state index in [1.54, 1.807) is 0 Å². The number of carbonyl (C=O) groups excluding carboxylic acids is 1. The van der Waals surface area contributed by atoms with Gasteiger partial charge in [0.15, 0.2) is 0 Å². The minimum absolute atomic E-state index is 0.00491. The lowest BCUT2D eigenvalue weighted by atomic mass is 10.0. The first kappa shape index (κ1) is 9.93. The van der Waals surface area contributed by atoms with Gasteiger partial charge in [0, 0.05) is 5.92 Å². The van der Waals surface area contributed by atoms with Gasteiger partial charge in [0.25, 0.3) is 0 Å². The van der Waals surface area contributed by atoms with Crippen LogP contribution in [0.4, 0.5) is 0 Å². The molecule has 2 atom stereocenters. The van der Waals surface area contributed by atoms with Crippen LogP contribution in [0.1, 0.15) is 19.3 Å². The lowest BCUT2D eigenvalue weighted by Crippen LogP contribution is -2.42. The van der Waals surface area contributed by atoms with E-state index in [1.807, 2.05) is 0 Å². The molecule has 0 aromatic carbocycles. The largest absolute Gasteiger partial charge is 0.394 e. The third kappa shape index (κ3) is 1.91. The Kier molecular flexibility index (Phi) is 2.74. The molecule has 0 heterocycles. The first-order valence-electron chi connectivity index (χ1n) is 5.26. The molecule has 1 amide bonds. The fourth-order valence-corrected chi connectivity index (χ4v) is 2.40. The van der Waals surface area contributed by atoms with Gasteiger partial charge in [-0.05, 0) is 31.1 Å². The van der Waals surface area contributed by atoms with E-state index < -0.39 is 6.04 Å². The Labute approximate surface area is 83.3 Å². The summed E-state index contributed by atoms with van der Waals surface area (Å²) in [4.78, 5) is 11.6. The molecule has 0 aromatic heterocycles. The van der Waals surface area contributed by atoms with Gasteiger partial charge in [0.05, 0.1) is 19.3 Å². The van der Waals surface area contributed by atoms with Crippen LogP contribution in [0.25, 0.3) is 0 Å². The number of carbonyl (C=O) groups is 1. The molecule has 4 heteroatoms. The quantitative estimate of drug-likeness (QED) is 0.572. The number of hydrogen-bond acceptors (Lipinski definition) is 3. The molecule has 2 fully saturated rings. The van der Waals surface area contributed by atoms with Crippen molar-refractivity contribution in [3.8, 4) is 0 Å². The summed E-state index contributed by atoms with van der Waals surface area (Å²) in [6, 6.07) is -0.487. The molecule has 4 nitrogen and oxygen atoms in total. The monoisotopic (exact) mass is 199 g/mol. The second-order valence-electron chi connectivity index (χ2n) is 4.49. The molecule has 2 unspecified atom stereocenters. The number of amides is 1. The van der Waals surface area contributed by atoms with Crippen LogP contribution in [0.2, 0.25) is 0 Å². The zero-order valence-electron chi connectivity index (χ0n) is 8.15. The number of hydrogen-bond donors (Lipinski definition) is 3. The van der Waals surface area contributed by atoms with Crippen molar-refractivity contribution in [1.29, 1.82) is 0 Å². The Morgan fingerprint density at radius 3 is 2.29 bits per heavy atom. The summed E-state index contributed by atoms with van der Waals surface area (Å²) < 4.78 is 0. The van der Waals surface area contributed by atoms with Gasteiger partial charge in [0.1, 0.15) is 0 Å². The van der Waals surface area contributed by atoms with E-state index in [-0.39, 0.29) is 25.0 Å². The third-order valence-electron chi connectivity index (χ3n) is 3.40. The highest BCUT2D eigenvalue weighted by Crippen LogP contribution is 2.54. The second-order valence-corrected chi connectivity index (χ2v) is 4.49. The fraction of sp³-hybridized carbons (Fsp3) is 0.900. The van der Waals surface area contributed by atoms with Crippen molar-refractivity contribution >= 4 is 5.91 Å². The minimum Gasteiger partial charge on any atom is -0.394 e. The van der Waals surface area contributed by atoms with E-state index in [1.165, 1.54) is 6.42 Å². The predicted molar refractivity (Wildman–Crippen MR) is 50.4 cm³/mol. The van der Waals surface area contributed by atoms with E-state index in [2.05, 4.69) is 5.32 Å². The first-order chi connectivity index (χ1) is 6.74. The molecule has 2 rings (SSSR count). The lowest BCUT2D eigenvalue weighted by molar-refractivity contribution is -0.126. The molecular weight excluding hydrogens is 182 g/mol. The molecule has 0 aliphatic heterocycles. The Hall–Kier alpha value is -0.610. The van der Waals surface area contributed by atoms with Gasteiger partial charge in [0.2, 0.25) is 5.91 Å². The van der Waals surface area contributed by atoms with Crippen LogP contribution in [0.3, 0.4) is 0 Å². The normalized spacial score (nSPS) is 34.4. The standard InChI is InChI=1S/C10H17NO3/c12-4-9(5-13)11-10(14)8-2-6-1-7(6)3-8/h6-9,12-13H,1-5H2,(H,11,14). The average molecular weight is 199 g/mol. The number of rotatable bonds is 4. The van der Waals surface area contributed by atoms with E-state index in [4.69, 9.17) is 10.2 Å². The third-order valence-corrected chi connectivity index (χ3v) is 3.40. The van der Waals surface area contributed by atoms with Crippen molar-refractivity contribution in [1.82, 2.24) is 5.32 Å². The topological polar surface area (TPSA) is 69.6 Å². The zero-order valence-corrected chi connectivity index (χ0v) is 8.15. The molecule has 0 saturated heterocycles. The Morgan fingerprint density at radius 1 is 1.21 bits per heavy atom. The van der Waals surface area contributed by atoms with Crippen molar-refractivity contribution in [2.45, 2.75) is 25.3 Å². The van der Waals surface area contributed by atoms with Crippen molar-refractivity contribution in [2.75, 3.05) is 13.2 Å². The summed E-state index contributed by atoms with van der Waals surface area (Å²) in [5, 5.41) is 20.3. The zero-order chi connectivity index (χ0) is 10.1. The molecule has 14 heavy (non-hydrogen) atoms. The smallest absolute Gasteiger partial charge is 0.223 e. The van der Waals surface area contributed by atoms with Crippen LogP contribution in [-0.4, -0.2) is 35.4 Å². The number of nitrogens with one attached hydrogen (secondary N) is 1. The molecule has 3 N–H and O–H groups in total. The van der Waals surface area contributed by atoms with Gasteiger partial charge >= 0.3 is 0 Å². The van der Waals surface area contributed by atoms with E-state index in [0.29, 0.717) is 0 Å². The van der Waals surface area contributed by atoms with Gasteiger partial charge in [-0.25, -0.2) is 0 Å². The highest BCUT2D eigenvalue weighted by molar-refractivity contribution is 5.79. The van der Waals surface area contributed by atoms with E-state index in [0.717, 1.165) is 24.7 Å². The molecular formula is C10H17NO3. The second kappa shape index (κ2) is 3.87. The van der Waals surface area contributed by atoms with Crippen LogP contribution in [0.15, 0.2) is 0 Å². The van der Waals surface area contributed by atoms with Gasteiger partial charge < -0.3 is 15.5 Å². The maximum Gasteiger partial charge on any atom is 0.223 e. The SMILES string of the molecule is O=C(NC(CO)CO)C1CC2CC2C1. The lowest BCUT2D eigenvalue weighted by Gasteiger charge is -2.17. The molecule has 2 aliphatic carbocycles. The van der Waals surface area contributed by atoms with Crippen LogP contribution < -0.4 is 5.32 Å². The summed E-state index contributed by atoms with van der Waals surface area (Å²) in [5.41, 5.74) is 0. The molecule has 80 valence electrons. The van der Waals surface area contributed by atoms with Crippen LogP contribution in [0, 0.1) is 17.8 Å². The van der Waals surface area contributed by atoms with Crippen molar-refractivity contribution < 1.29 is 15.0 Å². The first-order valence-corrected chi connectivity index (χ1v) is 5.26. The van der Waals surface area contributed by atoms with E-state index >= 15 is 0 Å².